The first-order valence-electron chi connectivity index (χ1n) is 5.70. The fourth-order valence-corrected chi connectivity index (χ4v) is 1.60. The minimum absolute atomic E-state index is 0.126. The van der Waals surface area contributed by atoms with Gasteiger partial charge in [-0.05, 0) is 25.7 Å². The van der Waals surface area contributed by atoms with Gasteiger partial charge in [0.2, 0.25) is 5.91 Å². The summed E-state index contributed by atoms with van der Waals surface area (Å²) in [7, 11) is 0. The zero-order valence-corrected chi connectivity index (χ0v) is 9.47. The van der Waals surface area contributed by atoms with Crippen LogP contribution in [0.1, 0.15) is 40.0 Å². The molecule has 0 aliphatic heterocycles. The van der Waals surface area contributed by atoms with Gasteiger partial charge in [-0.25, -0.2) is 0 Å². The van der Waals surface area contributed by atoms with Crippen molar-refractivity contribution in [3.63, 3.8) is 0 Å². The van der Waals surface area contributed by atoms with Crippen molar-refractivity contribution in [2.24, 2.45) is 5.92 Å². The molecule has 1 aliphatic rings. The van der Waals surface area contributed by atoms with Crippen LogP contribution in [0.5, 0.6) is 0 Å². The number of carbonyl (C=O) groups is 1. The molecule has 0 aromatic heterocycles. The molecule has 0 bridgehead atoms. The first kappa shape index (κ1) is 11.5. The van der Waals surface area contributed by atoms with E-state index in [9.17, 15) is 4.79 Å². The lowest BCUT2D eigenvalue weighted by atomic mass is 10.2. The van der Waals surface area contributed by atoms with Crippen LogP contribution < -0.4 is 10.6 Å². The average Bonchev–Trinajstić information content (AvgIpc) is 2.93. The van der Waals surface area contributed by atoms with Crippen LogP contribution in [0.25, 0.3) is 0 Å². The lowest BCUT2D eigenvalue weighted by Gasteiger charge is -2.11. The van der Waals surface area contributed by atoms with Gasteiger partial charge in [0.05, 0.1) is 6.54 Å². The molecular formula is C11H22N2O. The Morgan fingerprint density at radius 1 is 1.50 bits per heavy atom. The Hall–Kier alpha value is -0.570. The Kier molecular flexibility index (Phi) is 4.39. The summed E-state index contributed by atoms with van der Waals surface area (Å²) in [4.78, 5) is 11.4. The molecule has 3 heteroatoms. The third-order valence-corrected chi connectivity index (χ3v) is 2.99. The summed E-state index contributed by atoms with van der Waals surface area (Å²) in [6.07, 6.45) is 3.46. The fourth-order valence-electron chi connectivity index (χ4n) is 1.60. The molecule has 1 saturated carbocycles. The van der Waals surface area contributed by atoms with Crippen molar-refractivity contribution in [2.75, 3.05) is 6.54 Å². The minimum atomic E-state index is 0.126. The van der Waals surface area contributed by atoms with Crippen molar-refractivity contribution in [2.45, 2.75) is 52.1 Å². The van der Waals surface area contributed by atoms with Gasteiger partial charge in [0.25, 0.3) is 0 Å². The van der Waals surface area contributed by atoms with Gasteiger partial charge in [-0.1, -0.05) is 20.3 Å². The highest BCUT2D eigenvalue weighted by atomic mass is 16.1. The molecule has 3 unspecified atom stereocenters. The van der Waals surface area contributed by atoms with Crippen LogP contribution in [0.2, 0.25) is 0 Å². The zero-order chi connectivity index (χ0) is 10.6. The quantitative estimate of drug-likeness (QED) is 0.675. The van der Waals surface area contributed by atoms with E-state index in [0.29, 0.717) is 18.6 Å². The largest absolute Gasteiger partial charge is 0.353 e. The predicted molar refractivity (Wildman–Crippen MR) is 58.1 cm³/mol. The molecule has 3 nitrogen and oxygen atoms in total. The highest BCUT2D eigenvalue weighted by Gasteiger charge is 2.34. The van der Waals surface area contributed by atoms with Gasteiger partial charge in [0.1, 0.15) is 0 Å². The number of nitrogens with one attached hydrogen (secondary N) is 2. The predicted octanol–water partition coefficient (Wildman–Crippen LogP) is 1.29. The lowest BCUT2D eigenvalue weighted by molar-refractivity contribution is -0.120. The number of hydrogen-bond donors (Lipinski definition) is 2. The summed E-state index contributed by atoms with van der Waals surface area (Å²) in [5.41, 5.74) is 0. The Bertz CT molecular complexity index is 194. The van der Waals surface area contributed by atoms with E-state index in [1.807, 2.05) is 6.92 Å². The van der Waals surface area contributed by atoms with Gasteiger partial charge in [-0.15, -0.1) is 0 Å². The van der Waals surface area contributed by atoms with Gasteiger partial charge >= 0.3 is 0 Å². The van der Waals surface area contributed by atoms with Crippen LogP contribution in [0, 0.1) is 5.92 Å². The van der Waals surface area contributed by atoms with E-state index in [1.54, 1.807) is 0 Å². The van der Waals surface area contributed by atoms with Crippen LogP contribution in [0.3, 0.4) is 0 Å². The summed E-state index contributed by atoms with van der Waals surface area (Å²) in [5, 5.41) is 6.22. The van der Waals surface area contributed by atoms with Gasteiger partial charge in [0, 0.05) is 12.1 Å². The van der Waals surface area contributed by atoms with Crippen LogP contribution in [0.4, 0.5) is 0 Å². The molecule has 82 valence electrons. The molecule has 14 heavy (non-hydrogen) atoms. The summed E-state index contributed by atoms with van der Waals surface area (Å²) < 4.78 is 0. The maximum atomic E-state index is 11.4. The summed E-state index contributed by atoms with van der Waals surface area (Å²) in [6, 6.07) is 0.896. The van der Waals surface area contributed by atoms with E-state index >= 15 is 0 Å². The molecule has 3 atom stereocenters. The molecule has 0 saturated heterocycles. The Morgan fingerprint density at radius 3 is 2.71 bits per heavy atom. The second kappa shape index (κ2) is 5.35. The molecule has 1 amide bonds. The second-order valence-electron chi connectivity index (χ2n) is 4.27. The molecule has 0 radical (unpaired) electrons. The topological polar surface area (TPSA) is 41.1 Å². The summed E-state index contributed by atoms with van der Waals surface area (Å²) in [5.74, 6) is 0.938. The first-order valence-corrected chi connectivity index (χ1v) is 5.70. The molecule has 1 rings (SSSR count). The fraction of sp³-hybridized carbons (Fsp3) is 0.909. The van der Waals surface area contributed by atoms with Crippen LogP contribution >= 0.6 is 0 Å². The molecule has 1 aliphatic carbocycles. The maximum absolute atomic E-state index is 11.4. The normalized spacial score (nSPS) is 27.1. The van der Waals surface area contributed by atoms with E-state index in [-0.39, 0.29) is 5.91 Å². The average molecular weight is 198 g/mol. The highest BCUT2D eigenvalue weighted by Crippen LogP contribution is 2.32. The van der Waals surface area contributed by atoms with Gasteiger partial charge in [-0.3, -0.25) is 4.79 Å². The van der Waals surface area contributed by atoms with E-state index in [0.717, 1.165) is 12.3 Å². The molecule has 0 heterocycles. The van der Waals surface area contributed by atoms with E-state index in [4.69, 9.17) is 0 Å². The van der Waals surface area contributed by atoms with E-state index in [2.05, 4.69) is 24.5 Å². The van der Waals surface area contributed by atoms with Gasteiger partial charge in [-0.2, -0.15) is 0 Å². The van der Waals surface area contributed by atoms with E-state index in [1.165, 1.54) is 12.8 Å². The van der Waals surface area contributed by atoms with Crippen molar-refractivity contribution in [1.29, 1.82) is 0 Å². The monoisotopic (exact) mass is 198 g/mol. The third-order valence-electron chi connectivity index (χ3n) is 2.99. The van der Waals surface area contributed by atoms with Gasteiger partial charge < -0.3 is 10.6 Å². The number of hydrogen-bond acceptors (Lipinski definition) is 2. The van der Waals surface area contributed by atoms with Crippen molar-refractivity contribution in [3.05, 3.63) is 0 Å². The first-order chi connectivity index (χ1) is 6.67. The Labute approximate surface area is 86.6 Å². The summed E-state index contributed by atoms with van der Waals surface area (Å²) >= 11 is 0. The van der Waals surface area contributed by atoms with Crippen molar-refractivity contribution < 1.29 is 4.79 Å². The van der Waals surface area contributed by atoms with Crippen molar-refractivity contribution in [1.82, 2.24) is 10.6 Å². The molecule has 2 N–H and O–H groups in total. The number of carbonyl (C=O) groups excluding carboxylic acids is 1. The smallest absolute Gasteiger partial charge is 0.234 e. The third kappa shape index (κ3) is 3.66. The van der Waals surface area contributed by atoms with Crippen LogP contribution in [0.15, 0.2) is 0 Å². The lowest BCUT2D eigenvalue weighted by Crippen LogP contribution is -2.39. The number of amides is 1. The van der Waals surface area contributed by atoms with Crippen LogP contribution in [-0.2, 0) is 4.79 Å². The summed E-state index contributed by atoms with van der Waals surface area (Å²) in [6.45, 7) is 6.79. The Morgan fingerprint density at radius 2 is 2.21 bits per heavy atom. The van der Waals surface area contributed by atoms with E-state index < -0.39 is 0 Å². The van der Waals surface area contributed by atoms with Crippen LogP contribution in [-0.4, -0.2) is 24.5 Å². The SMILES string of the molecule is CCC(C)NC(=O)CNC1CC1CC. The molecule has 0 spiro atoms. The minimum Gasteiger partial charge on any atom is -0.353 e. The van der Waals surface area contributed by atoms with Crippen molar-refractivity contribution >= 4 is 5.91 Å². The Balaban J connectivity index is 2.04. The molecule has 0 aromatic carbocycles. The molecular weight excluding hydrogens is 176 g/mol. The maximum Gasteiger partial charge on any atom is 0.234 e. The van der Waals surface area contributed by atoms with Crippen molar-refractivity contribution in [3.8, 4) is 0 Å². The number of rotatable bonds is 6. The second-order valence-corrected chi connectivity index (χ2v) is 4.27. The molecule has 1 fully saturated rings. The molecule has 0 aromatic rings. The zero-order valence-electron chi connectivity index (χ0n) is 9.47. The van der Waals surface area contributed by atoms with Gasteiger partial charge in [0.15, 0.2) is 0 Å². The standard InChI is InChI=1S/C11H22N2O/c1-4-8(3)13-11(14)7-12-10-6-9(10)5-2/h8-10,12H,4-7H2,1-3H3,(H,13,14). The highest BCUT2D eigenvalue weighted by molar-refractivity contribution is 5.78.